The summed E-state index contributed by atoms with van der Waals surface area (Å²) in [5.74, 6) is 0. The van der Waals surface area contributed by atoms with Gasteiger partial charge in [0.15, 0.2) is 5.13 Å². The van der Waals surface area contributed by atoms with E-state index in [9.17, 15) is 0 Å². The quantitative estimate of drug-likeness (QED) is 0.612. The molecule has 0 unspecified atom stereocenters. The molecule has 2 fully saturated rings. The topological polar surface area (TPSA) is 71.5 Å². The van der Waals surface area contributed by atoms with E-state index in [-0.39, 0.29) is 0 Å². The van der Waals surface area contributed by atoms with E-state index in [1.54, 1.807) is 11.3 Å². The molecule has 2 saturated heterocycles. The van der Waals surface area contributed by atoms with Crippen molar-refractivity contribution in [1.82, 2.24) is 19.8 Å². The molecule has 0 bridgehead atoms. The molecule has 0 spiro atoms. The Morgan fingerprint density at radius 3 is 2.61 bits per heavy atom. The predicted molar refractivity (Wildman–Crippen MR) is 128 cm³/mol. The lowest BCUT2D eigenvalue weighted by Crippen LogP contribution is -2.48. The third-order valence-electron chi connectivity index (χ3n) is 6.28. The van der Waals surface area contributed by atoms with Gasteiger partial charge in [0, 0.05) is 75.0 Å². The number of hydrogen-bond acceptors (Lipinski definition) is 7. The molecule has 0 atom stereocenters. The third kappa shape index (κ3) is 5.37. The molecular formula is C23H36N6OS. The Labute approximate surface area is 189 Å². The van der Waals surface area contributed by atoms with Crippen molar-refractivity contribution in [3.05, 3.63) is 34.1 Å². The number of aromatic amines is 1. The lowest BCUT2D eigenvalue weighted by atomic mass is 10.1. The maximum atomic E-state index is 8.93. The van der Waals surface area contributed by atoms with Crippen LogP contribution in [0.1, 0.15) is 49.0 Å². The third-order valence-corrected chi connectivity index (χ3v) is 7.35. The normalized spacial score (nSPS) is 18.8. The van der Waals surface area contributed by atoms with Crippen molar-refractivity contribution >= 4 is 22.2 Å². The Kier molecular flexibility index (Phi) is 7.43. The molecule has 2 aromatic rings. The van der Waals surface area contributed by atoms with E-state index in [4.69, 9.17) is 10.1 Å². The van der Waals surface area contributed by atoms with E-state index in [1.807, 2.05) is 6.20 Å². The summed E-state index contributed by atoms with van der Waals surface area (Å²) in [6.07, 6.45) is 3.91. The van der Waals surface area contributed by atoms with E-state index < -0.39 is 0 Å². The molecule has 2 N–H and O–H groups in total. The number of rotatable bonds is 8. The van der Waals surface area contributed by atoms with Crippen LogP contribution in [0, 0.1) is 5.41 Å². The molecule has 2 aliphatic rings. The second kappa shape index (κ2) is 10.3. The van der Waals surface area contributed by atoms with Crippen LogP contribution in [-0.2, 0) is 17.7 Å². The highest BCUT2D eigenvalue weighted by atomic mass is 32.1. The van der Waals surface area contributed by atoms with Crippen LogP contribution in [0.3, 0.4) is 0 Å². The zero-order valence-corrected chi connectivity index (χ0v) is 19.9. The van der Waals surface area contributed by atoms with Crippen molar-refractivity contribution < 1.29 is 4.74 Å². The van der Waals surface area contributed by atoms with Crippen LogP contribution in [0.2, 0.25) is 0 Å². The molecule has 170 valence electrons. The second-order valence-corrected chi connectivity index (χ2v) is 9.83. The molecule has 0 aliphatic carbocycles. The van der Waals surface area contributed by atoms with Crippen LogP contribution >= 0.6 is 11.3 Å². The molecule has 0 radical (unpaired) electrons. The molecule has 2 aliphatic heterocycles. The number of piperazine rings is 1. The Bertz CT molecular complexity index is 861. The van der Waals surface area contributed by atoms with Gasteiger partial charge in [0.05, 0.1) is 23.8 Å². The molecule has 0 saturated carbocycles. The number of morpholine rings is 1. The van der Waals surface area contributed by atoms with Crippen LogP contribution in [0.15, 0.2) is 12.3 Å². The van der Waals surface area contributed by atoms with Gasteiger partial charge in [-0.15, -0.1) is 0 Å². The first-order valence-corrected chi connectivity index (χ1v) is 12.4. The molecule has 4 heterocycles. The number of nitrogens with one attached hydrogen (secondary N) is 2. The molecule has 31 heavy (non-hydrogen) atoms. The standard InChI is InChI=1S/C23H36N6OS/c1-4-5-20-19(14-18(26-20)16-27-10-12-30-13-11-27)22(24)21-15-25-23(31-21)29-8-6-28(7-9-29)17(2)3/h14-15,17,24,26H,4-13,16H2,1-3H3. The van der Waals surface area contributed by atoms with Crippen molar-refractivity contribution in [2.75, 3.05) is 57.4 Å². The van der Waals surface area contributed by atoms with Gasteiger partial charge >= 0.3 is 0 Å². The van der Waals surface area contributed by atoms with Crippen molar-refractivity contribution in [3.8, 4) is 0 Å². The summed E-state index contributed by atoms with van der Waals surface area (Å²) in [6.45, 7) is 15.3. The van der Waals surface area contributed by atoms with E-state index in [1.165, 1.54) is 11.4 Å². The van der Waals surface area contributed by atoms with Crippen LogP contribution in [0.4, 0.5) is 5.13 Å². The SMILES string of the molecule is CCCc1[nH]c(CN2CCOCC2)cc1C(=N)c1cnc(N2CCN(C(C)C)CC2)s1. The number of thiazole rings is 1. The van der Waals surface area contributed by atoms with Gasteiger partial charge in [-0.05, 0) is 26.3 Å². The van der Waals surface area contributed by atoms with Crippen LogP contribution in [-0.4, -0.2) is 84.0 Å². The predicted octanol–water partition coefficient (Wildman–Crippen LogP) is 3.20. The number of aryl methyl sites for hydroxylation is 1. The Morgan fingerprint density at radius 2 is 1.94 bits per heavy atom. The monoisotopic (exact) mass is 444 g/mol. The average Bonchev–Trinajstić information content (AvgIpc) is 3.42. The van der Waals surface area contributed by atoms with E-state index >= 15 is 0 Å². The highest BCUT2D eigenvalue weighted by Crippen LogP contribution is 2.27. The fourth-order valence-electron chi connectivity index (χ4n) is 4.40. The van der Waals surface area contributed by atoms with Gasteiger partial charge in [-0.2, -0.15) is 0 Å². The second-order valence-electron chi connectivity index (χ2n) is 8.82. The van der Waals surface area contributed by atoms with Gasteiger partial charge in [-0.25, -0.2) is 4.98 Å². The first-order chi connectivity index (χ1) is 15.0. The zero-order chi connectivity index (χ0) is 21.8. The van der Waals surface area contributed by atoms with E-state index in [2.05, 4.69) is 51.5 Å². The molecule has 4 rings (SSSR count). The summed E-state index contributed by atoms with van der Waals surface area (Å²) in [5, 5.41) is 9.97. The van der Waals surface area contributed by atoms with Gasteiger partial charge in [-0.1, -0.05) is 24.7 Å². The van der Waals surface area contributed by atoms with E-state index in [0.29, 0.717) is 11.8 Å². The molecule has 2 aromatic heterocycles. The number of anilines is 1. The maximum Gasteiger partial charge on any atom is 0.185 e. The van der Waals surface area contributed by atoms with Gasteiger partial charge in [0.25, 0.3) is 0 Å². The fraction of sp³-hybridized carbons (Fsp3) is 0.652. The van der Waals surface area contributed by atoms with Crippen molar-refractivity contribution in [2.24, 2.45) is 0 Å². The molecule has 0 amide bonds. The Morgan fingerprint density at radius 1 is 1.19 bits per heavy atom. The van der Waals surface area contributed by atoms with Crippen LogP contribution in [0.25, 0.3) is 0 Å². The average molecular weight is 445 g/mol. The zero-order valence-electron chi connectivity index (χ0n) is 19.1. The maximum absolute atomic E-state index is 8.93. The summed E-state index contributed by atoms with van der Waals surface area (Å²) in [6, 6.07) is 2.78. The molecule has 8 heteroatoms. The fourth-order valence-corrected chi connectivity index (χ4v) is 5.33. The number of hydrogen-bond donors (Lipinski definition) is 2. The molecular weight excluding hydrogens is 408 g/mol. The number of ether oxygens (including phenoxy) is 1. The smallest absolute Gasteiger partial charge is 0.185 e. The number of nitrogens with zero attached hydrogens (tertiary/aromatic N) is 4. The first kappa shape index (κ1) is 22.5. The first-order valence-electron chi connectivity index (χ1n) is 11.6. The van der Waals surface area contributed by atoms with Crippen LogP contribution < -0.4 is 4.90 Å². The van der Waals surface area contributed by atoms with Crippen LogP contribution in [0.5, 0.6) is 0 Å². The summed E-state index contributed by atoms with van der Waals surface area (Å²) in [5.41, 5.74) is 4.00. The minimum Gasteiger partial charge on any atom is -0.379 e. The lowest BCUT2D eigenvalue weighted by molar-refractivity contribution is 0.0337. The summed E-state index contributed by atoms with van der Waals surface area (Å²) >= 11 is 1.65. The lowest BCUT2D eigenvalue weighted by Gasteiger charge is -2.36. The number of aromatic nitrogens is 2. The molecule has 0 aromatic carbocycles. The van der Waals surface area contributed by atoms with Crippen molar-refractivity contribution in [1.29, 1.82) is 5.41 Å². The van der Waals surface area contributed by atoms with Gasteiger partial charge in [0.1, 0.15) is 0 Å². The highest BCUT2D eigenvalue weighted by Gasteiger charge is 2.23. The Balaban J connectivity index is 1.46. The van der Waals surface area contributed by atoms with Crippen molar-refractivity contribution in [2.45, 2.75) is 46.2 Å². The van der Waals surface area contributed by atoms with Gasteiger partial charge in [0.2, 0.25) is 0 Å². The van der Waals surface area contributed by atoms with Crippen molar-refractivity contribution in [3.63, 3.8) is 0 Å². The van der Waals surface area contributed by atoms with E-state index in [0.717, 1.165) is 87.4 Å². The summed E-state index contributed by atoms with van der Waals surface area (Å²) < 4.78 is 5.47. The highest BCUT2D eigenvalue weighted by molar-refractivity contribution is 7.17. The molecule has 7 nitrogen and oxygen atoms in total. The van der Waals surface area contributed by atoms with Gasteiger partial charge in [-0.3, -0.25) is 15.2 Å². The summed E-state index contributed by atoms with van der Waals surface area (Å²) in [4.78, 5) is 16.6. The summed E-state index contributed by atoms with van der Waals surface area (Å²) in [7, 11) is 0. The number of H-pyrrole nitrogens is 1. The van der Waals surface area contributed by atoms with Gasteiger partial charge < -0.3 is 14.6 Å². The largest absolute Gasteiger partial charge is 0.379 e. The Hall–Kier alpha value is -1.74. The minimum absolute atomic E-state index is 0.595. The minimum atomic E-state index is 0.595.